The minimum Gasteiger partial charge on any atom is -0.449 e. The Kier molecular flexibility index (Phi) is 8.65. The number of likely N-dealkylation sites (tertiary alicyclic amines) is 1. The van der Waals surface area contributed by atoms with Crippen LogP contribution in [-0.2, 0) is 11.3 Å². The molecule has 6 nitrogen and oxygen atoms in total. The van der Waals surface area contributed by atoms with Gasteiger partial charge in [-0.25, -0.2) is 4.39 Å². The Morgan fingerprint density at radius 3 is 2.33 bits per heavy atom. The second-order valence-electron chi connectivity index (χ2n) is 11.7. The molecule has 2 aliphatic heterocycles. The molecule has 1 saturated carbocycles. The van der Waals surface area contributed by atoms with Crippen molar-refractivity contribution in [3.8, 4) is 5.75 Å². The maximum atomic E-state index is 14.4. The number of rotatable bonds is 7. The van der Waals surface area contributed by atoms with Crippen LogP contribution in [-0.4, -0.2) is 36.5 Å². The highest BCUT2D eigenvalue weighted by Crippen LogP contribution is 2.37. The van der Waals surface area contributed by atoms with Gasteiger partial charge in [-0.2, -0.15) is 0 Å². The number of fused-ring (bicyclic) bond motifs is 1. The molecule has 0 spiro atoms. The van der Waals surface area contributed by atoms with Gasteiger partial charge < -0.3 is 10.1 Å². The van der Waals surface area contributed by atoms with Gasteiger partial charge >= 0.3 is 0 Å². The van der Waals surface area contributed by atoms with Crippen LogP contribution in [0.15, 0.2) is 78.6 Å². The Morgan fingerprint density at radius 1 is 0.881 bits per heavy atom. The first-order valence-corrected chi connectivity index (χ1v) is 15.2. The number of carbonyl (C=O) groups is 2. The Balaban J connectivity index is 1.07. The number of halogens is 1. The van der Waals surface area contributed by atoms with Crippen LogP contribution in [0, 0.1) is 17.7 Å². The number of carbonyl (C=O) groups excluding carboxylic acids is 2. The van der Waals surface area contributed by atoms with Gasteiger partial charge in [0.1, 0.15) is 5.82 Å². The van der Waals surface area contributed by atoms with Gasteiger partial charge in [0, 0.05) is 24.2 Å². The average molecular weight is 568 g/mol. The van der Waals surface area contributed by atoms with E-state index < -0.39 is 0 Å². The molecule has 0 radical (unpaired) electrons. The van der Waals surface area contributed by atoms with Crippen LogP contribution >= 0.6 is 0 Å². The van der Waals surface area contributed by atoms with Crippen LogP contribution in [0.4, 0.5) is 10.1 Å². The highest BCUT2D eigenvalue weighted by Gasteiger charge is 2.31. The fourth-order valence-electron chi connectivity index (χ4n) is 6.57. The molecule has 2 fully saturated rings. The third-order valence-corrected chi connectivity index (χ3v) is 9.00. The standard InChI is InChI=1S/C35H38FN3O3/c36-30-11-5-4-10-29(30)23-39-31-12-6-7-13-32(31)42-33(35(39)41)22-25-14-16-28(17-15-25)34(40)37-24-38-20-18-27(19-21-38)26-8-2-1-3-9-26/h4-7,10-17,22,26-27H,1-3,8-9,18-21,23-24H2,(H,37,40). The van der Waals surface area contributed by atoms with Gasteiger partial charge in [0.25, 0.3) is 11.8 Å². The Hall–Kier alpha value is -3.97. The Labute approximate surface area is 247 Å². The SMILES string of the molecule is O=C(NCN1CCC(C2CCCCC2)CC1)c1ccc(C=C2Oc3ccccc3N(Cc3ccccc3F)C2=O)cc1. The number of ether oxygens (including phenoxy) is 1. The van der Waals surface area contributed by atoms with Crippen molar-refractivity contribution in [3.05, 3.63) is 101 Å². The number of para-hydroxylation sites is 2. The van der Waals surface area contributed by atoms with E-state index >= 15 is 0 Å². The van der Waals surface area contributed by atoms with Gasteiger partial charge in [-0.05, 0) is 66.6 Å². The Bertz CT molecular complexity index is 1440. The van der Waals surface area contributed by atoms with E-state index in [1.165, 1.54) is 55.9 Å². The average Bonchev–Trinajstić information content (AvgIpc) is 3.04. The number of benzene rings is 3. The van der Waals surface area contributed by atoms with Crippen LogP contribution in [0.3, 0.4) is 0 Å². The molecule has 0 atom stereocenters. The zero-order valence-corrected chi connectivity index (χ0v) is 23.9. The Morgan fingerprint density at radius 2 is 1.57 bits per heavy atom. The number of piperidine rings is 1. The molecule has 7 heteroatoms. The van der Waals surface area contributed by atoms with Crippen molar-refractivity contribution in [2.24, 2.45) is 11.8 Å². The van der Waals surface area contributed by atoms with E-state index in [-0.39, 0.29) is 29.9 Å². The van der Waals surface area contributed by atoms with Crippen molar-refractivity contribution < 1.29 is 18.7 Å². The molecular weight excluding hydrogens is 529 g/mol. The number of hydrogen-bond acceptors (Lipinski definition) is 4. The zero-order valence-electron chi connectivity index (χ0n) is 23.9. The molecule has 42 heavy (non-hydrogen) atoms. The normalized spacial score (nSPS) is 19.4. The van der Waals surface area contributed by atoms with E-state index in [0.717, 1.165) is 30.5 Å². The molecule has 218 valence electrons. The number of hydrogen-bond donors (Lipinski definition) is 1. The summed E-state index contributed by atoms with van der Waals surface area (Å²) >= 11 is 0. The summed E-state index contributed by atoms with van der Waals surface area (Å²) in [7, 11) is 0. The minimum atomic E-state index is -0.363. The maximum Gasteiger partial charge on any atom is 0.294 e. The van der Waals surface area contributed by atoms with Crippen molar-refractivity contribution in [3.63, 3.8) is 0 Å². The predicted molar refractivity (Wildman–Crippen MR) is 162 cm³/mol. The lowest BCUT2D eigenvalue weighted by Crippen LogP contribution is -2.43. The van der Waals surface area contributed by atoms with Crippen LogP contribution in [0.25, 0.3) is 6.08 Å². The molecule has 1 saturated heterocycles. The van der Waals surface area contributed by atoms with Crippen molar-refractivity contribution in [2.75, 3.05) is 24.7 Å². The predicted octanol–water partition coefficient (Wildman–Crippen LogP) is 6.77. The lowest BCUT2D eigenvalue weighted by atomic mass is 9.76. The monoisotopic (exact) mass is 567 g/mol. The number of anilines is 1. The van der Waals surface area contributed by atoms with E-state index in [2.05, 4.69) is 10.2 Å². The van der Waals surface area contributed by atoms with Crippen LogP contribution < -0.4 is 15.0 Å². The fourth-order valence-corrected chi connectivity index (χ4v) is 6.57. The first-order chi connectivity index (χ1) is 20.5. The molecule has 0 aromatic heterocycles. The first kappa shape index (κ1) is 28.2. The number of nitrogens with one attached hydrogen (secondary N) is 1. The quantitative estimate of drug-likeness (QED) is 0.320. The fraction of sp³-hybridized carbons (Fsp3) is 0.371. The first-order valence-electron chi connectivity index (χ1n) is 15.2. The number of nitrogens with zero attached hydrogens (tertiary/aromatic N) is 2. The molecular formula is C35H38FN3O3. The molecule has 3 aromatic carbocycles. The van der Waals surface area contributed by atoms with Crippen LogP contribution in [0.2, 0.25) is 0 Å². The number of amides is 2. The van der Waals surface area contributed by atoms with Gasteiger partial charge in [-0.3, -0.25) is 19.4 Å². The van der Waals surface area contributed by atoms with Crippen LogP contribution in [0.5, 0.6) is 5.75 Å². The van der Waals surface area contributed by atoms with Crippen LogP contribution in [0.1, 0.15) is 66.4 Å². The smallest absolute Gasteiger partial charge is 0.294 e. The third kappa shape index (κ3) is 6.41. The molecule has 3 aliphatic rings. The molecule has 1 N–H and O–H groups in total. The third-order valence-electron chi connectivity index (χ3n) is 9.00. The summed E-state index contributed by atoms with van der Waals surface area (Å²) in [5.74, 6) is 1.58. The van der Waals surface area contributed by atoms with Gasteiger partial charge in [0.15, 0.2) is 11.5 Å². The van der Waals surface area contributed by atoms with E-state index in [0.29, 0.717) is 29.2 Å². The maximum absolute atomic E-state index is 14.4. The van der Waals surface area contributed by atoms with Crippen molar-refractivity contribution in [1.82, 2.24) is 10.2 Å². The second-order valence-corrected chi connectivity index (χ2v) is 11.7. The lowest BCUT2D eigenvalue weighted by Gasteiger charge is -2.37. The molecule has 0 bridgehead atoms. The summed E-state index contributed by atoms with van der Waals surface area (Å²) in [6.45, 7) is 2.72. The van der Waals surface area contributed by atoms with Gasteiger partial charge in [0.05, 0.1) is 18.9 Å². The van der Waals surface area contributed by atoms with Gasteiger partial charge in [-0.1, -0.05) is 74.6 Å². The second kappa shape index (κ2) is 12.9. The molecule has 2 amide bonds. The topological polar surface area (TPSA) is 61.9 Å². The summed E-state index contributed by atoms with van der Waals surface area (Å²) in [6, 6.07) is 20.8. The highest BCUT2D eigenvalue weighted by atomic mass is 19.1. The van der Waals surface area contributed by atoms with E-state index in [9.17, 15) is 14.0 Å². The largest absolute Gasteiger partial charge is 0.449 e. The molecule has 3 aromatic rings. The van der Waals surface area contributed by atoms with E-state index in [4.69, 9.17) is 4.74 Å². The molecule has 2 heterocycles. The lowest BCUT2D eigenvalue weighted by molar-refractivity contribution is -0.117. The van der Waals surface area contributed by atoms with Crippen molar-refractivity contribution >= 4 is 23.6 Å². The van der Waals surface area contributed by atoms with E-state index in [1.54, 1.807) is 60.7 Å². The van der Waals surface area contributed by atoms with E-state index in [1.807, 2.05) is 12.1 Å². The molecule has 6 rings (SSSR count). The summed E-state index contributed by atoms with van der Waals surface area (Å²) in [6.07, 6.45) is 11.1. The van der Waals surface area contributed by atoms with Crippen molar-refractivity contribution in [2.45, 2.75) is 51.5 Å². The minimum absolute atomic E-state index is 0.0839. The molecule has 1 aliphatic carbocycles. The zero-order chi connectivity index (χ0) is 28.9. The summed E-state index contributed by atoms with van der Waals surface area (Å²) in [4.78, 5) is 30.2. The van der Waals surface area contributed by atoms with Gasteiger partial charge in [-0.15, -0.1) is 0 Å². The van der Waals surface area contributed by atoms with Crippen molar-refractivity contribution in [1.29, 1.82) is 0 Å². The van der Waals surface area contributed by atoms with Gasteiger partial charge in [0.2, 0.25) is 0 Å². The summed E-state index contributed by atoms with van der Waals surface area (Å²) in [5.41, 5.74) is 2.31. The summed E-state index contributed by atoms with van der Waals surface area (Å²) in [5, 5.41) is 3.07. The molecule has 0 unspecified atom stereocenters. The highest BCUT2D eigenvalue weighted by molar-refractivity contribution is 6.09. The summed E-state index contributed by atoms with van der Waals surface area (Å²) < 4.78 is 20.4.